The van der Waals surface area contributed by atoms with Crippen molar-refractivity contribution in [2.45, 2.75) is 39.5 Å². The number of halogens is 1. The lowest BCUT2D eigenvalue weighted by Gasteiger charge is -2.37. The van der Waals surface area contributed by atoms with Crippen LogP contribution >= 0.6 is 0 Å². The summed E-state index contributed by atoms with van der Waals surface area (Å²) in [7, 11) is 0. The highest BCUT2D eigenvalue weighted by molar-refractivity contribution is 5.92. The molecule has 2 aromatic rings. The zero-order valence-corrected chi connectivity index (χ0v) is 15.2. The highest BCUT2D eigenvalue weighted by Gasteiger charge is 2.24. The van der Waals surface area contributed by atoms with Crippen molar-refractivity contribution in [2.24, 2.45) is 0 Å². The number of nitrogens with zero attached hydrogens (tertiary/aromatic N) is 3. The van der Waals surface area contributed by atoms with E-state index in [9.17, 15) is 9.18 Å². The van der Waals surface area contributed by atoms with Gasteiger partial charge in [0.1, 0.15) is 17.3 Å². The van der Waals surface area contributed by atoms with Crippen molar-refractivity contribution in [1.82, 2.24) is 15.3 Å². The molecule has 0 radical (unpaired) electrons. The average molecular weight is 358 g/mol. The Bertz CT molecular complexity index is 789. The Balaban J connectivity index is 1.65. The lowest BCUT2D eigenvalue weighted by atomic mass is 10.1. The fourth-order valence-electron chi connectivity index (χ4n) is 3.15. The van der Waals surface area contributed by atoms with Crippen molar-refractivity contribution in [1.29, 1.82) is 0 Å². The van der Waals surface area contributed by atoms with Gasteiger partial charge >= 0.3 is 0 Å². The Morgan fingerprint density at radius 3 is 2.69 bits per heavy atom. The molecule has 6 nitrogen and oxygen atoms in total. The maximum atomic E-state index is 14.6. The largest absolute Gasteiger partial charge is 0.372 e. The number of carbonyl (C=O) groups is 1. The van der Waals surface area contributed by atoms with E-state index in [1.54, 1.807) is 19.1 Å². The van der Waals surface area contributed by atoms with Gasteiger partial charge < -0.3 is 15.0 Å². The topological polar surface area (TPSA) is 67.4 Å². The second-order valence-corrected chi connectivity index (χ2v) is 6.62. The third kappa shape index (κ3) is 4.35. The van der Waals surface area contributed by atoms with Crippen LogP contribution in [0.2, 0.25) is 0 Å². The van der Waals surface area contributed by atoms with Crippen LogP contribution in [0.5, 0.6) is 0 Å². The summed E-state index contributed by atoms with van der Waals surface area (Å²) in [5.74, 6) is -0.0752. The molecule has 3 rings (SSSR count). The standard InChI is InChI=1S/C19H23FN4O2/c1-12-10-24(11-13(2)26-12)18-5-4-15(8-16(18)20)9-22-19(25)17-6-7-21-14(3)23-17/h4-8,12-13H,9-11H2,1-3H3,(H,22,25)/t12-,13-/m0/s1. The zero-order chi connectivity index (χ0) is 18.7. The molecule has 1 fully saturated rings. The molecule has 26 heavy (non-hydrogen) atoms. The molecule has 2 atom stereocenters. The molecule has 0 aliphatic carbocycles. The van der Waals surface area contributed by atoms with Crippen LogP contribution in [0.4, 0.5) is 10.1 Å². The quantitative estimate of drug-likeness (QED) is 0.909. The molecule has 1 amide bonds. The molecule has 138 valence electrons. The van der Waals surface area contributed by atoms with Crippen molar-refractivity contribution in [3.05, 3.63) is 53.4 Å². The first-order valence-corrected chi connectivity index (χ1v) is 8.69. The van der Waals surface area contributed by atoms with Gasteiger partial charge in [-0.3, -0.25) is 4.79 Å². The third-order valence-electron chi connectivity index (χ3n) is 4.23. The molecule has 1 saturated heterocycles. The Morgan fingerprint density at radius 2 is 2.04 bits per heavy atom. The number of ether oxygens (including phenoxy) is 1. The average Bonchev–Trinajstić information content (AvgIpc) is 2.59. The predicted molar refractivity (Wildman–Crippen MR) is 96.6 cm³/mol. The van der Waals surface area contributed by atoms with Crippen LogP contribution in [0, 0.1) is 12.7 Å². The molecule has 1 aliphatic heterocycles. The highest BCUT2D eigenvalue weighted by Crippen LogP contribution is 2.24. The van der Waals surface area contributed by atoms with E-state index in [-0.39, 0.29) is 30.5 Å². The molecular formula is C19H23FN4O2. The minimum atomic E-state index is -0.309. The summed E-state index contributed by atoms with van der Waals surface area (Å²) in [4.78, 5) is 22.2. The van der Waals surface area contributed by atoms with Crippen LogP contribution in [-0.2, 0) is 11.3 Å². The number of aromatic nitrogens is 2. The number of hydrogen-bond acceptors (Lipinski definition) is 5. The lowest BCUT2D eigenvalue weighted by molar-refractivity contribution is -0.00539. The minimum Gasteiger partial charge on any atom is -0.372 e. The van der Waals surface area contributed by atoms with Gasteiger partial charge in [0.25, 0.3) is 5.91 Å². The van der Waals surface area contributed by atoms with E-state index in [0.29, 0.717) is 35.9 Å². The maximum Gasteiger partial charge on any atom is 0.270 e. The molecule has 0 spiro atoms. The van der Waals surface area contributed by atoms with E-state index < -0.39 is 0 Å². The van der Waals surface area contributed by atoms with Gasteiger partial charge in [0.15, 0.2) is 0 Å². The van der Waals surface area contributed by atoms with E-state index in [0.717, 1.165) is 0 Å². The van der Waals surface area contributed by atoms with Gasteiger partial charge in [0.05, 0.1) is 17.9 Å². The predicted octanol–water partition coefficient (Wildman–Crippen LogP) is 2.47. The second-order valence-electron chi connectivity index (χ2n) is 6.62. The van der Waals surface area contributed by atoms with Crippen LogP contribution in [0.25, 0.3) is 0 Å². The number of nitrogens with one attached hydrogen (secondary N) is 1. The van der Waals surface area contributed by atoms with Crippen LogP contribution in [-0.4, -0.2) is 41.2 Å². The summed E-state index contributed by atoms with van der Waals surface area (Å²) in [6, 6.07) is 6.60. The number of anilines is 1. The third-order valence-corrected chi connectivity index (χ3v) is 4.23. The van der Waals surface area contributed by atoms with E-state index in [1.807, 2.05) is 24.8 Å². The van der Waals surface area contributed by atoms with Gasteiger partial charge in [-0.05, 0) is 44.5 Å². The van der Waals surface area contributed by atoms with Gasteiger partial charge in [-0.25, -0.2) is 14.4 Å². The molecule has 0 unspecified atom stereocenters. The monoisotopic (exact) mass is 358 g/mol. The van der Waals surface area contributed by atoms with Crippen molar-refractivity contribution in [3.63, 3.8) is 0 Å². The number of rotatable bonds is 4. The van der Waals surface area contributed by atoms with Crippen molar-refractivity contribution < 1.29 is 13.9 Å². The second kappa shape index (κ2) is 7.78. The van der Waals surface area contributed by atoms with Crippen molar-refractivity contribution in [2.75, 3.05) is 18.0 Å². The lowest BCUT2D eigenvalue weighted by Crippen LogP contribution is -2.45. The Kier molecular flexibility index (Phi) is 5.46. The van der Waals surface area contributed by atoms with E-state index in [2.05, 4.69) is 15.3 Å². The normalized spacial score (nSPS) is 20.1. The van der Waals surface area contributed by atoms with E-state index >= 15 is 0 Å². The molecular weight excluding hydrogens is 335 g/mol. The van der Waals surface area contributed by atoms with Crippen molar-refractivity contribution in [3.8, 4) is 0 Å². The highest BCUT2D eigenvalue weighted by atomic mass is 19.1. The number of carbonyl (C=O) groups excluding carboxylic acids is 1. The summed E-state index contributed by atoms with van der Waals surface area (Å²) in [6.45, 7) is 7.24. The van der Waals surface area contributed by atoms with Crippen LogP contribution in [0.15, 0.2) is 30.5 Å². The zero-order valence-electron chi connectivity index (χ0n) is 15.2. The van der Waals surface area contributed by atoms with Crippen molar-refractivity contribution >= 4 is 11.6 Å². The van der Waals surface area contributed by atoms with Gasteiger partial charge in [-0.2, -0.15) is 0 Å². The van der Waals surface area contributed by atoms with Gasteiger partial charge in [-0.1, -0.05) is 6.07 Å². The molecule has 1 aromatic carbocycles. The van der Waals surface area contributed by atoms with Gasteiger partial charge in [0, 0.05) is 25.8 Å². The van der Waals surface area contributed by atoms with Gasteiger partial charge in [-0.15, -0.1) is 0 Å². The summed E-state index contributed by atoms with van der Waals surface area (Å²) < 4.78 is 20.3. The van der Waals surface area contributed by atoms with Gasteiger partial charge in [0.2, 0.25) is 0 Å². The number of hydrogen-bond donors (Lipinski definition) is 1. The fourth-order valence-corrected chi connectivity index (χ4v) is 3.15. The molecule has 0 bridgehead atoms. The Labute approximate surface area is 152 Å². The molecule has 0 saturated carbocycles. The van der Waals surface area contributed by atoms with Crippen LogP contribution in [0.1, 0.15) is 35.7 Å². The number of morpholine rings is 1. The number of benzene rings is 1. The Hall–Kier alpha value is -2.54. The summed E-state index contributed by atoms with van der Waals surface area (Å²) in [5, 5.41) is 2.75. The summed E-state index contributed by atoms with van der Waals surface area (Å²) >= 11 is 0. The number of amides is 1. The molecule has 1 aliphatic rings. The maximum absolute atomic E-state index is 14.6. The fraction of sp³-hybridized carbons (Fsp3) is 0.421. The van der Waals surface area contributed by atoms with E-state index in [4.69, 9.17) is 4.74 Å². The van der Waals surface area contributed by atoms with Crippen LogP contribution in [0.3, 0.4) is 0 Å². The molecule has 1 N–H and O–H groups in total. The summed E-state index contributed by atoms with van der Waals surface area (Å²) in [6.07, 6.45) is 1.66. The SMILES string of the molecule is Cc1nccc(C(=O)NCc2ccc(N3C[C@H](C)O[C@@H](C)C3)c(F)c2)n1. The minimum absolute atomic E-state index is 0.0634. The molecule has 2 heterocycles. The molecule has 7 heteroatoms. The number of aryl methyl sites for hydroxylation is 1. The molecule has 1 aromatic heterocycles. The first-order chi connectivity index (χ1) is 12.4. The first-order valence-electron chi connectivity index (χ1n) is 8.69. The first kappa shape index (κ1) is 18.3. The van der Waals surface area contributed by atoms with E-state index in [1.165, 1.54) is 12.3 Å². The van der Waals surface area contributed by atoms with Crippen LogP contribution < -0.4 is 10.2 Å². The summed E-state index contributed by atoms with van der Waals surface area (Å²) in [5.41, 5.74) is 1.55. The Morgan fingerprint density at radius 1 is 1.31 bits per heavy atom. The smallest absolute Gasteiger partial charge is 0.270 e.